The Balaban J connectivity index is 2.32. The van der Waals surface area contributed by atoms with E-state index in [-0.39, 0.29) is 12.0 Å². The Bertz CT molecular complexity index is 607. The second-order valence-corrected chi connectivity index (χ2v) is 4.47. The summed E-state index contributed by atoms with van der Waals surface area (Å²) in [5.41, 5.74) is -0.908. The summed E-state index contributed by atoms with van der Waals surface area (Å²) < 4.78 is 53.0. The number of nitrogens with zero attached hydrogens (tertiary/aromatic N) is 2. The summed E-state index contributed by atoms with van der Waals surface area (Å²) in [6.07, 6.45) is -3.06. The third-order valence-electron chi connectivity index (χ3n) is 2.87. The van der Waals surface area contributed by atoms with Gasteiger partial charge in [0.1, 0.15) is 5.82 Å². The Labute approximate surface area is 112 Å². The van der Waals surface area contributed by atoms with Gasteiger partial charge in [0.25, 0.3) is 0 Å². The van der Waals surface area contributed by atoms with Gasteiger partial charge in [0.2, 0.25) is 0 Å². The molecule has 2 aromatic rings. The standard InChI is InChI=1S/C13H12F4N2O/c1-19-7-8(6-18-19)4-12(20)10-3-2-9(14)5-11(10)13(15,16)17/h2-3,5-7,12,20H,4H2,1H3. The van der Waals surface area contributed by atoms with Gasteiger partial charge in [-0.1, -0.05) is 6.07 Å². The molecule has 0 aliphatic rings. The fourth-order valence-electron chi connectivity index (χ4n) is 1.98. The number of aromatic nitrogens is 2. The van der Waals surface area contributed by atoms with Gasteiger partial charge in [0.05, 0.1) is 17.9 Å². The molecule has 1 aromatic heterocycles. The first-order valence-electron chi connectivity index (χ1n) is 5.79. The number of alkyl halides is 3. The number of halogens is 4. The molecule has 1 N–H and O–H groups in total. The molecule has 2 rings (SSSR count). The molecular formula is C13H12F4N2O. The van der Waals surface area contributed by atoms with Crippen molar-refractivity contribution < 1.29 is 22.7 Å². The molecule has 0 radical (unpaired) electrons. The number of aliphatic hydroxyl groups is 1. The van der Waals surface area contributed by atoms with E-state index < -0.39 is 23.7 Å². The highest BCUT2D eigenvalue weighted by molar-refractivity contribution is 5.33. The van der Waals surface area contributed by atoms with Gasteiger partial charge >= 0.3 is 6.18 Å². The van der Waals surface area contributed by atoms with E-state index in [1.165, 1.54) is 10.9 Å². The van der Waals surface area contributed by atoms with E-state index >= 15 is 0 Å². The monoisotopic (exact) mass is 288 g/mol. The average Bonchev–Trinajstić information content (AvgIpc) is 2.73. The summed E-state index contributed by atoms with van der Waals surface area (Å²) in [6.45, 7) is 0. The Hall–Kier alpha value is -1.89. The van der Waals surface area contributed by atoms with E-state index in [4.69, 9.17) is 0 Å². The predicted molar refractivity (Wildman–Crippen MR) is 63.3 cm³/mol. The lowest BCUT2D eigenvalue weighted by Crippen LogP contribution is -2.13. The maximum Gasteiger partial charge on any atom is 0.416 e. The van der Waals surface area contributed by atoms with Crippen molar-refractivity contribution in [1.29, 1.82) is 0 Å². The van der Waals surface area contributed by atoms with Crippen LogP contribution < -0.4 is 0 Å². The third-order valence-corrected chi connectivity index (χ3v) is 2.87. The maximum absolute atomic E-state index is 13.0. The third kappa shape index (κ3) is 3.16. The van der Waals surface area contributed by atoms with Crippen LogP contribution in [-0.2, 0) is 19.6 Å². The molecule has 1 atom stereocenters. The smallest absolute Gasteiger partial charge is 0.388 e. The zero-order valence-electron chi connectivity index (χ0n) is 10.5. The van der Waals surface area contributed by atoms with Crippen molar-refractivity contribution in [3.63, 3.8) is 0 Å². The van der Waals surface area contributed by atoms with Gasteiger partial charge in [-0.25, -0.2) is 4.39 Å². The van der Waals surface area contributed by atoms with Crippen LogP contribution in [0.4, 0.5) is 17.6 Å². The number of hydrogen-bond donors (Lipinski definition) is 1. The van der Waals surface area contributed by atoms with Crippen LogP contribution in [0.5, 0.6) is 0 Å². The highest BCUT2D eigenvalue weighted by Crippen LogP contribution is 2.35. The number of benzene rings is 1. The molecule has 0 bridgehead atoms. The number of rotatable bonds is 3. The first-order valence-corrected chi connectivity index (χ1v) is 5.79. The molecule has 0 aliphatic heterocycles. The van der Waals surface area contributed by atoms with Crippen molar-refractivity contribution in [2.24, 2.45) is 7.05 Å². The number of hydrogen-bond acceptors (Lipinski definition) is 2. The minimum Gasteiger partial charge on any atom is -0.388 e. The van der Waals surface area contributed by atoms with E-state index in [2.05, 4.69) is 5.10 Å². The molecule has 0 aliphatic carbocycles. The van der Waals surface area contributed by atoms with Crippen LogP contribution in [0.25, 0.3) is 0 Å². The number of aryl methyl sites for hydroxylation is 1. The molecule has 108 valence electrons. The number of aliphatic hydroxyl groups excluding tert-OH is 1. The fourth-order valence-corrected chi connectivity index (χ4v) is 1.98. The van der Waals surface area contributed by atoms with Crippen molar-refractivity contribution in [3.05, 3.63) is 53.1 Å². The minimum atomic E-state index is -4.71. The minimum absolute atomic E-state index is 0.0252. The Morgan fingerprint density at radius 3 is 2.60 bits per heavy atom. The highest BCUT2D eigenvalue weighted by Gasteiger charge is 2.35. The summed E-state index contributed by atoms with van der Waals surface area (Å²) in [6, 6.07) is 2.25. The summed E-state index contributed by atoms with van der Waals surface area (Å²) in [5, 5.41) is 13.8. The highest BCUT2D eigenvalue weighted by atomic mass is 19.4. The zero-order chi connectivity index (χ0) is 14.9. The lowest BCUT2D eigenvalue weighted by molar-refractivity contribution is -0.139. The second kappa shape index (κ2) is 5.24. The van der Waals surface area contributed by atoms with Crippen molar-refractivity contribution in [2.75, 3.05) is 0 Å². The first kappa shape index (κ1) is 14.5. The van der Waals surface area contributed by atoms with E-state index in [0.29, 0.717) is 11.6 Å². The lowest BCUT2D eigenvalue weighted by Gasteiger charge is -2.17. The fraction of sp³-hybridized carbons (Fsp3) is 0.308. The maximum atomic E-state index is 13.0. The van der Waals surface area contributed by atoms with Crippen molar-refractivity contribution in [1.82, 2.24) is 9.78 Å². The molecule has 0 amide bonds. The summed E-state index contributed by atoms with van der Waals surface area (Å²) >= 11 is 0. The summed E-state index contributed by atoms with van der Waals surface area (Å²) in [5.74, 6) is -0.991. The molecule has 1 aromatic carbocycles. The van der Waals surface area contributed by atoms with Crippen LogP contribution in [-0.4, -0.2) is 14.9 Å². The van der Waals surface area contributed by atoms with Crippen LogP contribution in [0.15, 0.2) is 30.6 Å². The van der Waals surface area contributed by atoms with Gasteiger partial charge in [-0.15, -0.1) is 0 Å². The molecule has 1 unspecified atom stereocenters. The van der Waals surface area contributed by atoms with Crippen LogP contribution in [0, 0.1) is 5.82 Å². The largest absolute Gasteiger partial charge is 0.416 e. The van der Waals surface area contributed by atoms with Gasteiger partial charge < -0.3 is 5.11 Å². The molecule has 0 spiro atoms. The SMILES string of the molecule is Cn1cc(CC(O)c2ccc(F)cc2C(F)(F)F)cn1. The van der Waals surface area contributed by atoms with Crippen molar-refractivity contribution in [3.8, 4) is 0 Å². The molecule has 0 fully saturated rings. The van der Waals surface area contributed by atoms with Crippen LogP contribution in [0.3, 0.4) is 0 Å². The Morgan fingerprint density at radius 2 is 2.05 bits per heavy atom. The van der Waals surface area contributed by atoms with E-state index in [1.54, 1.807) is 13.2 Å². The van der Waals surface area contributed by atoms with Crippen LogP contribution >= 0.6 is 0 Å². The van der Waals surface area contributed by atoms with Gasteiger partial charge in [-0.2, -0.15) is 18.3 Å². The van der Waals surface area contributed by atoms with E-state index in [1.807, 2.05) is 0 Å². The second-order valence-electron chi connectivity index (χ2n) is 4.47. The van der Waals surface area contributed by atoms with Crippen molar-refractivity contribution >= 4 is 0 Å². The Kier molecular flexibility index (Phi) is 3.80. The average molecular weight is 288 g/mol. The normalized spacial score (nSPS) is 13.5. The molecule has 3 nitrogen and oxygen atoms in total. The quantitative estimate of drug-likeness (QED) is 0.882. The zero-order valence-corrected chi connectivity index (χ0v) is 10.5. The Morgan fingerprint density at radius 1 is 1.35 bits per heavy atom. The van der Waals surface area contributed by atoms with Gasteiger partial charge in [0, 0.05) is 19.7 Å². The molecule has 20 heavy (non-hydrogen) atoms. The molecule has 0 saturated heterocycles. The molecule has 7 heteroatoms. The van der Waals surface area contributed by atoms with Gasteiger partial charge in [-0.3, -0.25) is 4.68 Å². The van der Waals surface area contributed by atoms with Crippen LogP contribution in [0.2, 0.25) is 0 Å². The first-order chi connectivity index (χ1) is 9.27. The van der Waals surface area contributed by atoms with E-state index in [0.717, 1.165) is 12.1 Å². The molecule has 1 heterocycles. The molecular weight excluding hydrogens is 276 g/mol. The summed E-state index contributed by atoms with van der Waals surface area (Å²) in [7, 11) is 1.66. The van der Waals surface area contributed by atoms with Crippen LogP contribution in [0.1, 0.15) is 22.8 Å². The van der Waals surface area contributed by atoms with Gasteiger partial charge in [0.15, 0.2) is 0 Å². The van der Waals surface area contributed by atoms with Crippen molar-refractivity contribution in [2.45, 2.75) is 18.7 Å². The topological polar surface area (TPSA) is 38.0 Å². The summed E-state index contributed by atoms with van der Waals surface area (Å²) in [4.78, 5) is 0. The molecule has 0 saturated carbocycles. The van der Waals surface area contributed by atoms with E-state index in [9.17, 15) is 22.7 Å². The lowest BCUT2D eigenvalue weighted by atomic mass is 9.98. The van der Waals surface area contributed by atoms with Gasteiger partial charge in [-0.05, 0) is 23.3 Å². The predicted octanol–water partition coefficient (Wildman–Crippen LogP) is 2.85.